The van der Waals surface area contributed by atoms with E-state index in [0.29, 0.717) is 11.6 Å². The monoisotopic (exact) mass is 385 g/mol. The van der Waals surface area contributed by atoms with Crippen LogP contribution in [0.15, 0.2) is 37.1 Å². The molecule has 3 heterocycles. The molecule has 2 aromatic rings. The van der Waals surface area contributed by atoms with Crippen molar-refractivity contribution in [2.24, 2.45) is 0 Å². The number of hydrogen-bond acceptors (Lipinski definition) is 4. The minimum absolute atomic E-state index is 0. The molecule has 1 aliphatic rings. The van der Waals surface area contributed by atoms with Crippen molar-refractivity contribution in [1.29, 1.82) is 0 Å². The highest BCUT2D eigenvalue weighted by Gasteiger charge is 2.25. The van der Waals surface area contributed by atoms with E-state index in [-0.39, 0.29) is 30.7 Å². The molecule has 6 nitrogen and oxygen atoms in total. The van der Waals surface area contributed by atoms with Gasteiger partial charge in [-0.25, -0.2) is 9.97 Å². The van der Waals surface area contributed by atoms with Crippen LogP contribution in [0.3, 0.4) is 0 Å². The van der Waals surface area contributed by atoms with Crippen molar-refractivity contribution in [2.45, 2.75) is 32.2 Å². The van der Waals surface area contributed by atoms with Crippen molar-refractivity contribution >= 4 is 30.7 Å². The summed E-state index contributed by atoms with van der Waals surface area (Å²) in [4.78, 5) is 23.4. The fraction of sp³-hybridized carbons (Fsp3) is 0.471. The molecule has 0 aliphatic carbocycles. The second-order valence-corrected chi connectivity index (χ2v) is 5.85. The highest BCUT2D eigenvalue weighted by atomic mass is 35.5. The number of imidazole rings is 1. The predicted octanol–water partition coefficient (Wildman–Crippen LogP) is 2.72. The highest BCUT2D eigenvalue weighted by Crippen LogP contribution is 2.17. The number of amides is 1. The molecular weight excluding hydrogens is 361 g/mol. The van der Waals surface area contributed by atoms with Gasteiger partial charge in [0.2, 0.25) is 0 Å². The van der Waals surface area contributed by atoms with Crippen molar-refractivity contribution in [1.82, 2.24) is 24.8 Å². The lowest BCUT2D eigenvalue weighted by molar-refractivity contribution is 0.0642. The first-order valence-corrected chi connectivity index (χ1v) is 8.25. The molecule has 1 N–H and O–H groups in total. The van der Waals surface area contributed by atoms with E-state index < -0.39 is 0 Å². The lowest BCUT2D eigenvalue weighted by atomic mass is 10.0. The standard InChI is InChI=1S/C17H23N5O.2ClH/c1-2-10-22(15-4-6-18-7-5-15)17(23)14-3-8-20-16(12-14)21-11-9-19-13-21;;/h3,8-9,11-13,15,18H,2,4-7,10H2,1H3;2*1H. The van der Waals surface area contributed by atoms with Gasteiger partial charge in [0, 0.05) is 36.7 Å². The molecule has 25 heavy (non-hydrogen) atoms. The third-order valence-corrected chi connectivity index (χ3v) is 4.24. The molecule has 8 heteroatoms. The molecule has 0 spiro atoms. The summed E-state index contributed by atoms with van der Waals surface area (Å²) in [6.45, 7) is 4.88. The van der Waals surface area contributed by atoms with Crippen molar-refractivity contribution in [2.75, 3.05) is 19.6 Å². The second kappa shape index (κ2) is 10.4. The van der Waals surface area contributed by atoms with Crippen molar-refractivity contribution in [3.8, 4) is 5.82 Å². The van der Waals surface area contributed by atoms with Gasteiger partial charge in [-0.3, -0.25) is 9.36 Å². The normalized spacial score (nSPS) is 14.3. The van der Waals surface area contributed by atoms with Gasteiger partial charge in [0.25, 0.3) is 5.91 Å². The molecular formula is C17H25Cl2N5O. The number of rotatable bonds is 5. The number of hydrogen-bond donors (Lipinski definition) is 1. The SMILES string of the molecule is CCCN(C(=O)c1ccnc(-n2ccnc2)c1)C1CCNCC1.Cl.Cl. The summed E-state index contributed by atoms with van der Waals surface area (Å²) in [5, 5.41) is 3.36. The lowest BCUT2D eigenvalue weighted by Crippen LogP contribution is -2.46. The second-order valence-electron chi connectivity index (χ2n) is 5.85. The van der Waals surface area contributed by atoms with Crippen LogP contribution in [0.5, 0.6) is 0 Å². The fourth-order valence-electron chi connectivity index (χ4n) is 3.06. The van der Waals surface area contributed by atoms with Gasteiger partial charge in [0.05, 0.1) is 0 Å². The van der Waals surface area contributed by atoms with E-state index in [1.54, 1.807) is 24.8 Å². The Bertz CT molecular complexity index is 644. The molecule has 0 saturated carbocycles. The van der Waals surface area contributed by atoms with Crippen molar-refractivity contribution in [3.63, 3.8) is 0 Å². The van der Waals surface area contributed by atoms with Gasteiger partial charge in [0.1, 0.15) is 12.1 Å². The zero-order valence-corrected chi connectivity index (χ0v) is 15.9. The molecule has 0 unspecified atom stereocenters. The van der Waals surface area contributed by atoms with E-state index in [0.717, 1.165) is 44.7 Å². The fourth-order valence-corrected chi connectivity index (χ4v) is 3.06. The molecule has 1 fully saturated rings. The third-order valence-electron chi connectivity index (χ3n) is 4.24. The molecule has 138 valence electrons. The van der Waals surface area contributed by atoms with Gasteiger partial charge in [-0.2, -0.15) is 0 Å². The molecule has 3 rings (SSSR count). The van der Waals surface area contributed by atoms with E-state index in [1.165, 1.54) is 0 Å². The van der Waals surface area contributed by atoms with Crippen LogP contribution in [0.4, 0.5) is 0 Å². The Morgan fingerprint density at radius 1 is 1.32 bits per heavy atom. The van der Waals surface area contributed by atoms with E-state index >= 15 is 0 Å². The maximum absolute atomic E-state index is 13.0. The summed E-state index contributed by atoms with van der Waals surface area (Å²) >= 11 is 0. The molecule has 1 saturated heterocycles. The van der Waals surface area contributed by atoms with Crippen LogP contribution in [0, 0.1) is 0 Å². The number of halogens is 2. The Morgan fingerprint density at radius 3 is 2.72 bits per heavy atom. The van der Waals surface area contributed by atoms with Gasteiger partial charge < -0.3 is 10.2 Å². The first-order valence-electron chi connectivity index (χ1n) is 8.25. The van der Waals surface area contributed by atoms with Crippen LogP contribution in [0.25, 0.3) is 5.82 Å². The summed E-state index contributed by atoms with van der Waals surface area (Å²) in [6.07, 6.45) is 9.91. The average molecular weight is 386 g/mol. The number of aromatic nitrogens is 3. The van der Waals surface area contributed by atoms with Crippen molar-refractivity contribution in [3.05, 3.63) is 42.6 Å². The van der Waals surface area contributed by atoms with E-state index in [4.69, 9.17) is 0 Å². The van der Waals surface area contributed by atoms with E-state index in [2.05, 4.69) is 22.2 Å². The summed E-state index contributed by atoms with van der Waals surface area (Å²) in [7, 11) is 0. The highest BCUT2D eigenvalue weighted by molar-refractivity contribution is 5.94. The van der Waals surface area contributed by atoms with Crippen LogP contribution in [0.1, 0.15) is 36.5 Å². The molecule has 1 aliphatic heterocycles. The van der Waals surface area contributed by atoms with Gasteiger partial charge in [-0.1, -0.05) is 6.92 Å². The Morgan fingerprint density at radius 2 is 2.08 bits per heavy atom. The Balaban J connectivity index is 0.00000156. The molecule has 0 bridgehead atoms. The number of pyridine rings is 1. The van der Waals surface area contributed by atoms with Crippen LogP contribution in [-0.4, -0.2) is 51.0 Å². The number of nitrogens with zero attached hydrogens (tertiary/aromatic N) is 4. The minimum Gasteiger partial charge on any atom is -0.336 e. The molecule has 0 atom stereocenters. The molecule has 0 aromatic carbocycles. The largest absolute Gasteiger partial charge is 0.336 e. The molecule has 0 radical (unpaired) electrons. The van der Waals surface area contributed by atoms with E-state index in [9.17, 15) is 4.79 Å². The summed E-state index contributed by atoms with van der Waals surface area (Å²) in [5.74, 6) is 0.817. The Labute approximate surface area is 160 Å². The van der Waals surface area contributed by atoms with Gasteiger partial charge >= 0.3 is 0 Å². The van der Waals surface area contributed by atoms with Crippen LogP contribution in [0.2, 0.25) is 0 Å². The van der Waals surface area contributed by atoms with Gasteiger partial charge in [-0.15, -0.1) is 24.8 Å². The van der Waals surface area contributed by atoms with E-state index in [1.807, 2.05) is 21.7 Å². The van der Waals surface area contributed by atoms with Crippen LogP contribution in [-0.2, 0) is 0 Å². The summed E-state index contributed by atoms with van der Waals surface area (Å²) in [5.41, 5.74) is 0.690. The number of nitrogens with one attached hydrogen (secondary N) is 1. The maximum Gasteiger partial charge on any atom is 0.254 e. The number of carbonyl (C=O) groups excluding carboxylic acids is 1. The van der Waals surface area contributed by atoms with Gasteiger partial charge in [0.15, 0.2) is 0 Å². The zero-order valence-electron chi connectivity index (χ0n) is 14.3. The Kier molecular flexibility index (Phi) is 8.89. The minimum atomic E-state index is 0. The zero-order chi connectivity index (χ0) is 16.1. The third kappa shape index (κ3) is 5.17. The average Bonchev–Trinajstić information content (AvgIpc) is 3.15. The molecule has 2 aromatic heterocycles. The lowest BCUT2D eigenvalue weighted by Gasteiger charge is -2.34. The Hall–Kier alpha value is -1.63. The first kappa shape index (κ1) is 21.4. The molecule has 1 amide bonds. The first-order chi connectivity index (χ1) is 11.3. The smallest absolute Gasteiger partial charge is 0.254 e. The van der Waals surface area contributed by atoms with Crippen LogP contribution < -0.4 is 5.32 Å². The van der Waals surface area contributed by atoms with Gasteiger partial charge in [-0.05, 0) is 44.5 Å². The maximum atomic E-state index is 13.0. The summed E-state index contributed by atoms with van der Waals surface area (Å²) < 4.78 is 1.81. The van der Waals surface area contributed by atoms with Crippen LogP contribution >= 0.6 is 24.8 Å². The quantitative estimate of drug-likeness (QED) is 0.859. The predicted molar refractivity (Wildman–Crippen MR) is 103 cm³/mol. The van der Waals surface area contributed by atoms with Crippen molar-refractivity contribution < 1.29 is 4.79 Å². The number of piperidine rings is 1. The topological polar surface area (TPSA) is 63.1 Å². The number of carbonyl (C=O) groups is 1. The summed E-state index contributed by atoms with van der Waals surface area (Å²) in [6, 6.07) is 3.97.